The highest BCUT2D eigenvalue weighted by molar-refractivity contribution is 5.66. The minimum absolute atomic E-state index is 0.137. The fourth-order valence-corrected chi connectivity index (χ4v) is 1.21. The fraction of sp³-hybridized carbons (Fsp3) is 0.333. The van der Waals surface area contributed by atoms with Crippen LogP contribution in [0, 0.1) is 0 Å². The van der Waals surface area contributed by atoms with Crippen molar-refractivity contribution in [1.29, 1.82) is 0 Å². The molecule has 0 aromatic carbocycles. The van der Waals surface area contributed by atoms with Crippen LogP contribution in [-0.2, 0) is 17.8 Å². The van der Waals surface area contributed by atoms with Crippen molar-refractivity contribution in [2.75, 3.05) is 0 Å². The second kappa shape index (κ2) is 4.13. The van der Waals surface area contributed by atoms with Crippen molar-refractivity contribution in [2.24, 2.45) is 0 Å². The molecule has 16 heavy (non-hydrogen) atoms. The molecule has 0 fully saturated rings. The number of carboxylic acids is 1. The van der Waals surface area contributed by atoms with Crippen LogP contribution in [0.15, 0.2) is 17.0 Å². The molecule has 1 N–H and O–H groups in total. The average Bonchev–Trinajstić information content (AvgIpc) is 2.83. The van der Waals surface area contributed by atoms with E-state index in [9.17, 15) is 4.79 Å². The molecule has 0 unspecified atom stereocenters. The molecule has 0 radical (unpaired) electrons. The van der Waals surface area contributed by atoms with Gasteiger partial charge in [0.15, 0.2) is 5.82 Å². The second-order valence-electron chi connectivity index (χ2n) is 3.19. The molecule has 0 aliphatic carbocycles. The van der Waals surface area contributed by atoms with Crippen LogP contribution in [0.1, 0.15) is 12.7 Å². The summed E-state index contributed by atoms with van der Waals surface area (Å²) in [5, 5.41) is 12.3. The molecule has 0 aliphatic heterocycles. The van der Waals surface area contributed by atoms with Gasteiger partial charge in [0.05, 0.1) is 6.33 Å². The van der Waals surface area contributed by atoms with Crippen molar-refractivity contribution >= 4 is 5.97 Å². The van der Waals surface area contributed by atoms with Crippen molar-refractivity contribution in [2.45, 2.75) is 19.9 Å². The number of rotatable bonds is 4. The first-order chi connectivity index (χ1) is 7.69. The number of hydrogen-bond acceptors (Lipinski definition) is 5. The quantitative estimate of drug-likeness (QED) is 0.813. The lowest BCUT2D eigenvalue weighted by atomic mass is 10.4. The first-order valence-corrected chi connectivity index (χ1v) is 4.75. The predicted octanol–water partition coefficient (Wildman–Crippen LogP) is 0.580. The first kappa shape index (κ1) is 10.3. The molecule has 84 valence electrons. The van der Waals surface area contributed by atoms with Crippen LogP contribution >= 0.6 is 0 Å². The van der Waals surface area contributed by atoms with E-state index in [-0.39, 0.29) is 6.54 Å². The van der Waals surface area contributed by atoms with E-state index in [1.807, 2.05) is 6.92 Å². The lowest BCUT2D eigenvalue weighted by Crippen LogP contribution is -2.06. The van der Waals surface area contributed by atoms with Gasteiger partial charge in [0.25, 0.3) is 5.89 Å². The molecule has 0 atom stereocenters. The van der Waals surface area contributed by atoms with E-state index in [1.165, 1.54) is 10.9 Å². The molecule has 7 nitrogen and oxygen atoms in total. The van der Waals surface area contributed by atoms with E-state index in [4.69, 9.17) is 9.63 Å². The molecule has 2 rings (SSSR count). The Morgan fingerprint density at radius 2 is 2.44 bits per heavy atom. The highest BCUT2D eigenvalue weighted by atomic mass is 16.5. The van der Waals surface area contributed by atoms with E-state index < -0.39 is 5.97 Å². The average molecular weight is 222 g/mol. The second-order valence-corrected chi connectivity index (χ2v) is 3.19. The number of carboxylic acid groups (broad SMARTS) is 1. The van der Waals surface area contributed by atoms with Gasteiger partial charge in [-0.1, -0.05) is 12.1 Å². The van der Waals surface area contributed by atoms with Crippen LogP contribution in [0.4, 0.5) is 0 Å². The summed E-state index contributed by atoms with van der Waals surface area (Å²) in [5.74, 6) is -0.0208. The molecule has 2 aromatic heterocycles. The Balaban J connectivity index is 2.20. The summed E-state index contributed by atoms with van der Waals surface area (Å²) >= 11 is 0. The zero-order valence-electron chi connectivity index (χ0n) is 8.62. The van der Waals surface area contributed by atoms with Crippen LogP contribution in [-0.4, -0.2) is 30.8 Å². The van der Waals surface area contributed by atoms with E-state index in [0.29, 0.717) is 23.8 Å². The van der Waals surface area contributed by atoms with E-state index >= 15 is 0 Å². The van der Waals surface area contributed by atoms with Crippen LogP contribution in [0.5, 0.6) is 0 Å². The van der Waals surface area contributed by atoms with Gasteiger partial charge < -0.3 is 14.2 Å². The first-order valence-electron chi connectivity index (χ1n) is 4.75. The summed E-state index contributed by atoms with van der Waals surface area (Å²) in [6.45, 7) is 1.78. The molecule has 0 saturated carbocycles. The van der Waals surface area contributed by atoms with Gasteiger partial charge in [-0.25, -0.2) is 4.98 Å². The SMILES string of the molecule is CCc1noc(-c2cn(CC(=O)O)cn2)n1. The minimum Gasteiger partial charge on any atom is -0.480 e. The summed E-state index contributed by atoms with van der Waals surface area (Å²) in [4.78, 5) is 18.5. The lowest BCUT2D eigenvalue weighted by Gasteiger charge is -1.92. The third-order valence-corrected chi connectivity index (χ3v) is 1.95. The van der Waals surface area contributed by atoms with Crippen LogP contribution in [0.25, 0.3) is 11.6 Å². The summed E-state index contributed by atoms with van der Waals surface area (Å²) in [5.41, 5.74) is 0.480. The number of carbonyl (C=O) groups is 1. The number of aryl methyl sites for hydroxylation is 1. The largest absolute Gasteiger partial charge is 0.480 e. The summed E-state index contributed by atoms with van der Waals surface area (Å²) in [7, 11) is 0. The van der Waals surface area contributed by atoms with Crippen LogP contribution < -0.4 is 0 Å². The molecule has 2 aromatic rings. The molecule has 0 spiro atoms. The van der Waals surface area contributed by atoms with Gasteiger partial charge in [-0.2, -0.15) is 4.98 Å². The van der Waals surface area contributed by atoms with Crippen LogP contribution in [0.2, 0.25) is 0 Å². The Hall–Kier alpha value is -2.18. The van der Waals surface area contributed by atoms with E-state index in [2.05, 4.69) is 15.1 Å². The van der Waals surface area contributed by atoms with Gasteiger partial charge in [0.1, 0.15) is 12.2 Å². The van der Waals surface area contributed by atoms with Gasteiger partial charge >= 0.3 is 5.97 Å². The highest BCUT2D eigenvalue weighted by Gasteiger charge is 2.11. The third kappa shape index (κ3) is 2.08. The Morgan fingerprint density at radius 1 is 1.62 bits per heavy atom. The molecule has 0 amide bonds. The van der Waals surface area contributed by atoms with Crippen molar-refractivity contribution in [3.05, 3.63) is 18.3 Å². The maximum Gasteiger partial charge on any atom is 0.323 e. The Labute approximate surface area is 90.7 Å². The molecule has 0 bridgehead atoms. The molecular weight excluding hydrogens is 212 g/mol. The monoisotopic (exact) mass is 222 g/mol. The molecule has 0 aliphatic rings. The van der Waals surface area contributed by atoms with Gasteiger partial charge in [0.2, 0.25) is 0 Å². The Morgan fingerprint density at radius 3 is 3.06 bits per heavy atom. The Bertz CT molecular complexity index is 502. The van der Waals surface area contributed by atoms with Gasteiger partial charge in [0, 0.05) is 12.6 Å². The molecular formula is C9H10N4O3. The van der Waals surface area contributed by atoms with Gasteiger partial charge in [-0.3, -0.25) is 4.79 Å². The summed E-state index contributed by atoms with van der Waals surface area (Å²) in [6.07, 6.45) is 3.65. The van der Waals surface area contributed by atoms with Gasteiger partial charge in [-0.05, 0) is 0 Å². The van der Waals surface area contributed by atoms with Crippen LogP contribution in [0.3, 0.4) is 0 Å². The fourth-order valence-electron chi connectivity index (χ4n) is 1.21. The van der Waals surface area contributed by atoms with Crippen molar-refractivity contribution < 1.29 is 14.4 Å². The van der Waals surface area contributed by atoms with Crippen molar-refractivity contribution in [3.63, 3.8) is 0 Å². The number of hydrogen-bond donors (Lipinski definition) is 1. The molecule has 7 heteroatoms. The maximum atomic E-state index is 10.5. The topological polar surface area (TPSA) is 94.0 Å². The number of imidazole rings is 1. The molecule has 2 heterocycles. The van der Waals surface area contributed by atoms with Crippen molar-refractivity contribution in [3.8, 4) is 11.6 Å². The van der Waals surface area contributed by atoms with Gasteiger partial charge in [-0.15, -0.1) is 0 Å². The standard InChI is InChI=1S/C9H10N4O3/c1-2-7-11-9(16-12-7)6-3-13(5-10-6)4-8(14)15/h3,5H,2,4H2,1H3,(H,14,15). The minimum atomic E-state index is -0.927. The Kier molecular flexibility index (Phi) is 2.67. The zero-order valence-corrected chi connectivity index (χ0v) is 8.62. The molecule has 0 saturated heterocycles. The number of nitrogens with zero attached hydrogens (tertiary/aromatic N) is 4. The summed E-state index contributed by atoms with van der Waals surface area (Å²) in [6, 6.07) is 0. The third-order valence-electron chi connectivity index (χ3n) is 1.95. The lowest BCUT2D eigenvalue weighted by molar-refractivity contribution is -0.137. The normalized spacial score (nSPS) is 10.6. The predicted molar refractivity (Wildman–Crippen MR) is 52.5 cm³/mol. The van der Waals surface area contributed by atoms with E-state index in [0.717, 1.165) is 0 Å². The smallest absolute Gasteiger partial charge is 0.323 e. The number of aromatic nitrogens is 4. The maximum absolute atomic E-state index is 10.5. The zero-order chi connectivity index (χ0) is 11.5. The van der Waals surface area contributed by atoms with E-state index in [1.54, 1.807) is 6.20 Å². The highest BCUT2D eigenvalue weighted by Crippen LogP contribution is 2.14. The number of aliphatic carboxylic acids is 1. The summed E-state index contributed by atoms with van der Waals surface area (Å²) < 4.78 is 6.41. The van der Waals surface area contributed by atoms with Crippen molar-refractivity contribution in [1.82, 2.24) is 19.7 Å².